The van der Waals surface area contributed by atoms with Gasteiger partial charge in [-0.25, -0.2) is 0 Å². The van der Waals surface area contributed by atoms with E-state index in [1.165, 1.54) is 199 Å². The monoisotopic (exact) mass is 692 g/mol. The second kappa shape index (κ2) is 41.5. The minimum atomic E-state index is -0.659. The van der Waals surface area contributed by atoms with Crippen LogP contribution in [-0.4, -0.2) is 34.9 Å². The van der Waals surface area contributed by atoms with Gasteiger partial charge in [0.05, 0.1) is 18.8 Å². The van der Waals surface area contributed by atoms with Gasteiger partial charge >= 0.3 is 0 Å². The fourth-order valence-corrected chi connectivity index (χ4v) is 7.06. The molecule has 3 N–H and O–H groups in total. The number of amides is 1. The van der Waals surface area contributed by atoms with Gasteiger partial charge in [0.15, 0.2) is 0 Å². The number of aliphatic hydroxyl groups excluding tert-OH is 2. The fourth-order valence-electron chi connectivity index (χ4n) is 7.06. The molecule has 49 heavy (non-hydrogen) atoms. The average Bonchev–Trinajstić information content (AvgIpc) is 3.10. The van der Waals surface area contributed by atoms with E-state index in [9.17, 15) is 15.0 Å². The van der Waals surface area contributed by atoms with Gasteiger partial charge in [0.2, 0.25) is 5.91 Å². The zero-order chi connectivity index (χ0) is 35.7. The van der Waals surface area contributed by atoms with E-state index in [4.69, 9.17) is 0 Å². The van der Waals surface area contributed by atoms with Crippen LogP contribution in [0.3, 0.4) is 0 Å². The average molecular weight is 692 g/mol. The maximum atomic E-state index is 12.4. The van der Waals surface area contributed by atoms with E-state index in [-0.39, 0.29) is 12.5 Å². The molecule has 292 valence electrons. The van der Waals surface area contributed by atoms with Crippen molar-refractivity contribution in [1.82, 2.24) is 5.32 Å². The van der Waals surface area contributed by atoms with Crippen LogP contribution >= 0.6 is 0 Å². The number of carbonyl (C=O) groups is 1. The van der Waals surface area contributed by atoms with Crippen molar-refractivity contribution < 1.29 is 15.0 Å². The van der Waals surface area contributed by atoms with Crippen LogP contribution in [0.25, 0.3) is 0 Å². The lowest BCUT2D eigenvalue weighted by Crippen LogP contribution is -2.45. The summed E-state index contributed by atoms with van der Waals surface area (Å²) in [5.74, 6) is -0.0369. The Labute approximate surface area is 307 Å². The second-order valence-electron chi connectivity index (χ2n) is 15.5. The second-order valence-corrected chi connectivity index (χ2v) is 15.5. The summed E-state index contributed by atoms with van der Waals surface area (Å²) in [6.07, 6.45) is 51.5. The molecule has 0 aliphatic rings. The molecular weight excluding hydrogens is 602 g/mol. The highest BCUT2D eigenvalue weighted by Crippen LogP contribution is 2.16. The zero-order valence-corrected chi connectivity index (χ0v) is 33.5. The van der Waals surface area contributed by atoms with Crippen molar-refractivity contribution in [2.75, 3.05) is 6.61 Å². The van der Waals surface area contributed by atoms with Crippen molar-refractivity contribution in [3.05, 3.63) is 12.2 Å². The minimum Gasteiger partial charge on any atom is -0.394 e. The molecule has 0 radical (unpaired) electrons. The highest BCUT2D eigenvalue weighted by molar-refractivity contribution is 5.76. The highest BCUT2D eigenvalue weighted by Gasteiger charge is 2.20. The molecular formula is C45H89NO3. The molecule has 0 aromatic carbocycles. The number of nitrogens with one attached hydrogen (secondary N) is 1. The predicted molar refractivity (Wildman–Crippen MR) is 216 cm³/mol. The van der Waals surface area contributed by atoms with Crippen molar-refractivity contribution in [3.8, 4) is 0 Å². The first-order valence-electron chi connectivity index (χ1n) is 22.4. The van der Waals surface area contributed by atoms with Crippen LogP contribution in [0.4, 0.5) is 0 Å². The van der Waals surface area contributed by atoms with Crippen molar-refractivity contribution in [3.63, 3.8) is 0 Å². The van der Waals surface area contributed by atoms with Gasteiger partial charge in [0.25, 0.3) is 0 Å². The third-order valence-electron chi connectivity index (χ3n) is 10.5. The third kappa shape index (κ3) is 38.2. The summed E-state index contributed by atoms with van der Waals surface area (Å²) < 4.78 is 0. The first-order valence-corrected chi connectivity index (χ1v) is 22.4. The molecule has 0 spiro atoms. The summed E-state index contributed by atoms with van der Waals surface area (Å²) in [6.45, 7) is 4.37. The Kier molecular flexibility index (Phi) is 40.8. The van der Waals surface area contributed by atoms with Crippen LogP contribution in [-0.2, 0) is 4.79 Å². The van der Waals surface area contributed by atoms with E-state index in [1.807, 2.05) is 0 Å². The van der Waals surface area contributed by atoms with Gasteiger partial charge in [-0.05, 0) is 38.5 Å². The maximum absolute atomic E-state index is 12.4. The van der Waals surface area contributed by atoms with Crippen molar-refractivity contribution in [2.24, 2.45) is 0 Å². The van der Waals surface area contributed by atoms with E-state index in [0.29, 0.717) is 12.8 Å². The van der Waals surface area contributed by atoms with Crippen LogP contribution in [0.5, 0.6) is 0 Å². The number of aliphatic hydroxyl groups is 2. The summed E-state index contributed by atoms with van der Waals surface area (Å²) in [4.78, 5) is 12.4. The predicted octanol–water partition coefficient (Wildman–Crippen LogP) is 13.9. The van der Waals surface area contributed by atoms with Gasteiger partial charge in [-0.2, -0.15) is 0 Å². The lowest BCUT2D eigenvalue weighted by molar-refractivity contribution is -0.123. The van der Waals surface area contributed by atoms with Crippen molar-refractivity contribution in [2.45, 2.75) is 264 Å². The molecule has 0 aliphatic carbocycles. The third-order valence-corrected chi connectivity index (χ3v) is 10.5. The molecule has 0 aliphatic heterocycles. The molecule has 0 bridgehead atoms. The number of hydrogen-bond donors (Lipinski definition) is 3. The number of unbranched alkanes of at least 4 members (excludes halogenated alkanes) is 32. The van der Waals surface area contributed by atoms with E-state index in [2.05, 4.69) is 31.3 Å². The van der Waals surface area contributed by atoms with Crippen molar-refractivity contribution in [1.29, 1.82) is 0 Å². The van der Waals surface area contributed by atoms with Gasteiger partial charge in [-0.3, -0.25) is 4.79 Å². The van der Waals surface area contributed by atoms with Crippen LogP contribution in [0.1, 0.15) is 251 Å². The minimum absolute atomic E-state index is 0.0369. The van der Waals surface area contributed by atoms with E-state index < -0.39 is 12.1 Å². The molecule has 0 rings (SSSR count). The van der Waals surface area contributed by atoms with Gasteiger partial charge in [0.1, 0.15) is 0 Å². The molecule has 0 aromatic rings. The Morgan fingerprint density at radius 1 is 0.469 bits per heavy atom. The summed E-state index contributed by atoms with van der Waals surface area (Å²) in [5, 5.41) is 23.2. The van der Waals surface area contributed by atoms with Crippen LogP contribution in [0, 0.1) is 0 Å². The van der Waals surface area contributed by atoms with Crippen molar-refractivity contribution >= 4 is 5.91 Å². The lowest BCUT2D eigenvalue weighted by atomic mass is 10.0. The van der Waals surface area contributed by atoms with Crippen LogP contribution in [0.2, 0.25) is 0 Å². The topological polar surface area (TPSA) is 69.6 Å². The summed E-state index contributed by atoms with van der Waals surface area (Å²) in [5.41, 5.74) is 0. The Bertz CT molecular complexity index is 666. The fraction of sp³-hybridized carbons (Fsp3) is 0.933. The lowest BCUT2D eigenvalue weighted by Gasteiger charge is -2.22. The molecule has 1 amide bonds. The van der Waals surface area contributed by atoms with E-state index in [1.54, 1.807) is 0 Å². The molecule has 0 saturated heterocycles. The quantitative estimate of drug-likeness (QED) is 0.0441. The summed E-state index contributed by atoms with van der Waals surface area (Å²) >= 11 is 0. The zero-order valence-electron chi connectivity index (χ0n) is 33.5. The molecule has 0 fully saturated rings. The maximum Gasteiger partial charge on any atom is 0.220 e. The van der Waals surface area contributed by atoms with Gasteiger partial charge in [0, 0.05) is 6.42 Å². The SMILES string of the molecule is CCCCCCCCC/C=C\CCCCCCCC(=O)NC(CO)C(O)CCCCCCCCCCCCCCCCCCCCCCC. The Hall–Kier alpha value is -0.870. The van der Waals surface area contributed by atoms with Gasteiger partial charge in [-0.15, -0.1) is 0 Å². The number of hydrogen-bond acceptors (Lipinski definition) is 3. The molecule has 4 heteroatoms. The van der Waals surface area contributed by atoms with E-state index in [0.717, 1.165) is 25.7 Å². The molecule has 4 nitrogen and oxygen atoms in total. The molecule has 2 unspecified atom stereocenters. The summed E-state index contributed by atoms with van der Waals surface area (Å²) in [6, 6.07) is -0.537. The number of allylic oxidation sites excluding steroid dienone is 2. The Morgan fingerprint density at radius 3 is 1.12 bits per heavy atom. The first kappa shape index (κ1) is 48.1. The number of rotatable bonds is 41. The Morgan fingerprint density at radius 2 is 0.776 bits per heavy atom. The number of carbonyl (C=O) groups excluding carboxylic acids is 1. The molecule has 0 saturated carbocycles. The Balaban J connectivity index is 3.49. The van der Waals surface area contributed by atoms with Crippen LogP contribution in [0.15, 0.2) is 12.2 Å². The van der Waals surface area contributed by atoms with Crippen LogP contribution < -0.4 is 5.32 Å². The van der Waals surface area contributed by atoms with E-state index >= 15 is 0 Å². The standard InChI is InChI=1S/C45H89NO3/c1-3-5-7-9-11-13-15-17-19-21-22-23-24-25-26-28-30-32-34-36-38-40-44(48)43(42-47)46-45(49)41-39-37-35-33-31-29-27-20-18-16-14-12-10-8-6-4-2/h20,27,43-44,47-48H,3-19,21-26,28-42H2,1-2H3,(H,46,49)/b27-20-. The largest absolute Gasteiger partial charge is 0.394 e. The van der Waals surface area contributed by atoms with Gasteiger partial charge < -0.3 is 15.5 Å². The highest BCUT2D eigenvalue weighted by atomic mass is 16.3. The molecule has 0 heterocycles. The normalized spacial score (nSPS) is 13.0. The summed E-state index contributed by atoms with van der Waals surface area (Å²) in [7, 11) is 0. The molecule has 0 aromatic heterocycles. The van der Waals surface area contributed by atoms with Gasteiger partial charge in [-0.1, -0.05) is 219 Å². The smallest absolute Gasteiger partial charge is 0.220 e. The first-order chi connectivity index (χ1) is 24.2. The molecule has 2 atom stereocenters.